The molecule has 2 atom stereocenters. The molecule has 0 bridgehead atoms. The lowest BCUT2D eigenvalue weighted by atomic mass is 10.00. The van der Waals surface area contributed by atoms with Gasteiger partial charge in [-0.15, -0.1) is 0 Å². The normalized spacial score (nSPS) is 17.2. The number of aliphatic hydroxyl groups is 1. The number of aliphatic hydroxyl groups excluding tert-OH is 1. The van der Waals surface area contributed by atoms with E-state index in [0.717, 1.165) is 16.8 Å². The highest BCUT2D eigenvalue weighted by Crippen LogP contribution is 2.36. The van der Waals surface area contributed by atoms with Gasteiger partial charge in [0, 0.05) is 36.8 Å². The molecule has 174 valence electrons. The molecule has 0 radical (unpaired) electrons. The number of anilines is 1. The SMILES string of the molecule is N#Cc1ccc([C@H](O)CN2CCN(c3ccc(C(N)=O)cc3Cl)[C@H](c3ccc(Cl)cc3)C2)cc1. The van der Waals surface area contributed by atoms with Crippen molar-refractivity contribution in [1.29, 1.82) is 5.26 Å². The molecule has 1 aliphatic rings. The maximum absolute atomic E-state index is 11.5. The van der Waals surface area contributed by atoms with E-state index in [9.17, 15) is 9.90 Å². The average molecular weight is 495 g/mol. The standard InChI is InChI=1S/C26H24Cl2N4O2/c27-21-8-5-18(6-9-21)24-15-31(16-25(33)19-3-1-17(14-29)2-4-19)11-12-32(24)23-10-7-20(26(30)34)13-22(23)28/h1-10,13,24-25,33H,11-12,15-16H2,(H2,30,34)/t24-,25+/m0/s1. The van der Waals surface area contributed by atoms with Crippen molar-refractivity contribution in [2.45, 2.75) is 12.1 Å². The Labute approximate surface area is 208 Å². The molecule has 0 aromatic heterocycles. The average Bonchev–Trinajstić information content (AvgIpc) is 2.84. The molecule has 3 aromatic carbocycles. The molecule has 1 aliphatic heterocycles. The van der Waals surface area contributed by atoms with Gasteiger partial charge in [0.2, 0.25) is 5.91 Å². The second-order valence-electron chi connectivity index (χ2n) is 8.30. The maximum atomic E-state index is 11.5. The summed E-state index contributed by atoms with van der Waals surface area (Å²) in [6.07, 6.45) is -0.677. The van der Waals surface area contributed by atoms with Crippen LogP contribution < -0.4 is 10.6 Å². The van der Waals surface area contributed by atoms with Crippen LogP contribution in [0.1, 0.15) is 39.2 Å². The van der Waals surface area contributed by atoms with Crippen LogP contribution in [0.5, 0.6) is 0 Å². The summed E-state index contributed by atoms with van der Waals surface area (Å²) < 4.78 is 0. The van der Waals surface area contributed by atoms with E-state index < -0.39 is 12.0 Å². The number of nitrogens with two attached hydrogens (primary N) is 1. The molecule has 4 rings (SSSR count). The van der Waals surface area contributed by atoms with Crippen LogP contribution in [-0.2, 0) is 0 Å². The summed E-state index contributed by atoms with van der Waals surface area (Å²) in [5, 5.41) is 20.9. The number of amides is 1. The van der Waals surface area contributed by atoms with Crippen molar-refractivity contribution in [3.63, 3.8) is 0 Å². The first-order valence-electron chi connectivity index (χ1n) is 10.9. The lowest BCUT2D eigenvalue weighted by molar-refractivity contribution is 0.0999. The molecule has 3 N–H and O–H groups in total. The third-order valence-electron chi connectivity index (χ3n) is 6.12. The van der Waals surface area contributed by atoms with Gasteiger partial charge in [0.15, 0.2) is 0 Å². The molecule has 6 nitrogen and oxygen atoms in total. The van der Waals surface area contributed by atoms with Crippen LogP contribution in [0.4, 0.5) is 5.69 Å². The zero-order valence-corrected chi connectivity index (χ0v) is 19.9. The van der Waals surface area contributed by atoms with E-state index in [1.165, 1.54) is 0 Å². The Morgan fingerprint density at radius 3 is 2.41 bits per heavy atom. The summed E-state index contributed by atoms with van der Waals surface area (Å²) in [5.41, 5.74) is 8.98. The van der Waals surface area contributed by atoms with Gasteiger partial charge in [-0.3, -0.25) is 9.69 Å². The fourth-order valence-corrected chi connectivity index (χ4v) is 4.70. The Morgan fingerprint density at radius 1 is 1.09 bits per heavy atom. The van der Waals surface area contributed by atoms with Gasteiger partial charge in [0.25, 0.3) is 0 Å². The lowest BCUT2D eigenvalue weighted by Crippen LogP contribution is -2.49. The number of hydrogen-bond acceptors (Lipinski definition) is 5. The zero-order valence-electron chi connectivity index (χ0n) is 18.4. The van der Waals surface area contributed by atoms with Gasteiger partial charge >= 0.3 is 0 Å². The van der Waals surface area contributed by atoms with Crippen molar-refractivity contribution >= 4 is 34.8 Å². The third-order valence-corrected chi connectivity index (χ3v) is 6.67. The van der Waals surface area contributed by atoms with E-state index in [1.54, 1.807) is 36.4 Å². The van der Waals surface area contributed by atoms with E-state index in [1.807, 2.05) is 30.3 Å². The number of nitrogens with zero attached hydrogens (tertiary/aromatic N) is 3. The van der Waals surface area contributed by atoms with Gasteiger partial charge in [0.1, 0.15) is 0 Å². The quantitative estimate of drug-likeness (QED) is 0.523. The molecule has 1 fully saturated rings. The first kappa shape index (κ1) is 24.1. The molecule has 1 heterocycles. The summed E-state index contributed by atoms with van der Waals surface area (Å²) in [6, 6.07) is 21.9. The van der Waals surface area contributed by atoms with E-state index in [-0.39, 0.29) is 6.04 Å². The molecule has 3 aromatic rings. The van der Waals surface area contributed by atoms with Gasteiger partial charge in [-0.25, -0.2) is 0 Å². The van der Waals surface area contributed by atoms with Crippen LogP contribution in [0.2, 0.25) is 10.0 Å². The predicted octanol–water partition coefficient (Wildman–Crippen LogP) is 4.56. The maximum Gasteiger partial charge on any atom is 0.248 e. The molecule has 1 amide bonds. The topological polar surface area (TPSA) is 93.6 Å². The number of hydrogen-bond donors (Lipinski definition) is 2. The van der Waals surface area contributed by atoms with Crippen molar-refractivity contribution < 1.29 is 9.90 Å². The Morgan fingerprint density at radius 2 is 1.79 bits per heavy atom. The second kappa shape index (κ2) is 10.5. The van der Waals surface area contributed by atoms with Crippen molar-refractivity contribution in [3.05, 3.63) is 99.0 Å². The molecular formula is C26H24Cl2N4O2. The minimum atomic E-state index is -0.677. The van der Waals surface area contributed by atoms with Gasteiger partial charge in [-0.05, 0) is 53.6 Å². The fourth-order valence-electron chi connectivity index (χ4n) is 4.29. The van der Waals surface area contributed by atoms with Gasteiger partial charge in [0.05, 0.1) is 34.5 Å². The second-order valence-corrected chi connectivity index (χ2v) is 9.14. The van der Waals surface area contributed by atoms with Gasteiger partial charge < -0.3 is 15.7 Å². The van der Waals surface area contributed by atoms with Crippen LogP contribution in [0.3, 0.4) is 0 Å². The summed E-state index contributed by atoms with van der Waals surface area (Å²) in [5.74, 6) is -0.524. The van der Waals surface area contributed by atoms with E-state index in [0.29, 0.717) is 47.4 Å². The molecule has 0 saturated carbocycles. The van der Waals surface area contributed by atoms with Crippen LogP contribution in [0.25, 0.3) is 0 Å². The summed E-state index contributed by atoms with van der Waals surface area (Å²) in [4.78, 5) is 16.0. The molecule has 1 saturated heterocycles. The summed E-state index contributed by atoms with van der Waals surface area (Å²) >= 11 is 12.7. The highest BCUT2D eigenvalue weighted by Gasteiger charge is 2.31. The number of carbonyl (C=O) groups excluding carboxylic acids is 1. The fraction of sp³-hybridized carbons (Fsp3) is 0.231. The number of β-amino-alcohol motifs (C(OH)–C–C–N with tert-alkyl or cyclic N) is 1. The molecule has 0 spiro atoms. The molecule has 0 aliphatic carbocycles. The number of halogens is 2. The van der Waals surface area contributed by atoms with Crippen molar-refractivity contribution in [2.24, 2.45) is 5.73 Å². The highest BCUT2D eigenvalue weighted by atomic mass is 35.5. The Kier molecular flexibility index (Phi) is 7.40. The van der Waals surface area contributed by atoms with Crippen molar-refractivity contribution in [1.82, 2.24) is 4.90 Å². The van der Waals surface area contributed by atoms with Crippen LogP contribution in [0, 0.1) is 11.3 Å². The van der Waals surface area contributed by atoms with Crippen LogP contribution in [-0.4, -0.2) is 42.1 Å². The Balaban J connectivity index is 1.58. The van der Waals surface area contributed by atoms with Gasteiger partial charge in [-0.1, -0.05) is 47.5 Å². The largest absolute Gasteiger partial charge is 0.387 e. The zero-order chi connectivity index (χ0) is 24.2. The number of rotatable bonds is 6. The van der Waals surface area contributed by atoms with E-state index in [4.69, 9.17) is 34.2 Å². The molecule has 0 unspecified atom stereocenters. The minimum Gasteiger partial charge on any atom is -0.387 e. The van der Waals surface area contributed by atoms with E-state index in [2.05, 4.69) is 15.9 Å². The summed E-state index contributed by atoms with van der Waals surface area (Å²) in [6.45, 7) is 2.50. The first-order chi connectivity index (χ1) is 16.4. The van der Waals surface area contributed by atoms with Crippen molar-refractivity contribution in [3.8, 4) is 6.07 Å². The van der Waals surface area contributed by atoms with Crippen molar-refractivity contribution in [2.75, 3.05) is 31.1 Å². The smallest absolute Gasteiger partial charge is 0.248 e. The molecule has 8 heteroatoms. The number of benzene rings is 3. The number of primary amides is 1. The summed E-state index contributed by atoms with van der Waals surface area (Å²) in [7, 11) is 0. The van der Waals surface area contributed by atoms with Crippen LogP contribution in [0.15, 0.2) is 66.7 Å². The Hall–Kier alpha value is -3.08. The predicted molar refractivity (Wildman–Crippen MR) is 134 cm³/mol. The van der Waals surface area contributed by atoms with Gasteiger partial charge in [-0.2, -0.15) is 5.26 Å². The number of piperazine rings is 1. The number of carbonyl (C=O) groups is 1. The van der Waals surface area contributed by atoms with Crippen LogP contribution >= 0.6 is 23.2 Å². The minimum absolute atomic E-state index is 0.0453. The highest BCUT2D eigenvalue weighted by molar-refractivity contribution is 6.33. The van der Waals surface area contributed by atoms with E-state index >= 15 is 0 Å². The number of nitriles is 1. The Bertz CT molecular complexity index is 1210. The lowest BCUT2D eigenvalue weighted by Gasteiger charge is -2.44. The third kappa shape index (κ3) is 5.35. The molecule has 34 heavy (non-hydrogen) atoms. The monoisotopic (exact) mass is 494 g/mol. The molecular weight excluding hydrogens is 471 g/mol. The first-order valence-corrected chi connectivity index (χ1v) is 11.6.